The van der Waals surface area contributed by atoms with Crippen LogP contribution < -0.4 is 10.6 Å². The molecule has 1 aromatic heterocycles. The average molecular weight is 283 g/mol. The van der Waals surface area contributed by atoms with Gasteiger partial charge < -0.3 is 10.6 Å². The Kier molecular flexibility index (Phi) is 4.26. The molecule has 0 spiro atoms. The number of aromatic nitrogens is 1. The number of nitrogens with two attached hydrogens (primary N) is 1. The minimum absolute atomic E-state index is 0.0831. The van der Waals surface area contributed by atoms with Crippen LogP contribution in [0.5, 0.6) is 0 Å². The molecule has 0 saturated heterocycles. The second-order valence-electron chi connectivity index (χ2n) is 5.51. The summed E-state index contributed by atoms with van der Waals surface area (Å²) in [6.45, 7) is 6.04. The van der Waals surface area contributed by atoms with E-state index >= 15 is 0 Å². The fourth-order valence-electron chi connectivity index (χ4n) is 2.24. The second-order valence-corrected chi connectivity index (χ2v) is 5.51. The van der Waals surface area contributed by atoms with Crippen LogP contribution in [0.3, 0.4) is 0 Å². The number of pyridine rings is 1. The van der Waals surface area contributed by atoms with Crippen molar-refractivity contribution in [1.29, 1.82) is 0 Å². The highest BCUT2D eigenvalue weighted by atomic mass is 16.2. The van der Waals surface area contributed by atoms with Crippen LogP contribution in [0.15, 0.2) is 36.4 Å². The van der Waals surface area contributed by atoms with E-state index in [-0.39, 0.29) is 11.8 Å². The maximum Gasteiger partial charge on any atom is 0.258 e. The molecule has 0 aliphatic heterocycles. The molecule has 0 unspecified atom stereocenters. The highest BCUT2D eigenvalue weighted by Gasteiger charge is 2.17. The number of carbonyl (C=O) groups excluding carboxylic acids is 1. The lowest BCUT2D eigenvalue weighted by atomic mass is 10.1. The first-order valence-corrected chi connectivity index (χ1v) is 7.01. The van der Waals surface area contributed by atoms with Gasteiger partial charge in [0.25, 0.3) is 5.91 Å². The van der Waals surface area contributed by atoms with Crippen LogP contribution >= 0.6 is 0 Å². The summed E-state index contributed by atoms with van der Waals surface area (Å²) >= 11 is 0. The van der Waals surface area contributed by atoms with Gasteiger partial charge in [-0.3, -0.25) is 4.79 Å². The molecule has 0 bridgehead atoms. The van der Waals surface area contributed by atoms with Gasteiger partial charge in [0, 0.05) is 24.0 Å². The molecule has 2 rings (SSSR count). The lowest BCUT2D eigenvalue weighted by Gasteiger charge is -2.20. The van der Waals surface area contributed by atoms with Crippen molar-refractivity contribution in [3.05, 3.63) is 53.2 Å². The smallest absolute Gasteiger partial charge is 0.258 e. The van der Waals surface area contributed by atoms with Crippen molar-refractivity contribution in [2.24, 2.45) is 0 Å². The van der Waals surface area contributed by atoms with Gasteiger partial charge in [-0.05, 0) is 36.6 Å². The zero-order valence-corrected chi connectivity index (χ0v) is 12.9. The Bertz CT molecular complexity index is 665. The molecule has 0 aliphatic rings. The summed E-state index contributed by atoms with van der Waals surface area (Å²) in [6.07, 6.45) is 0. The Morgan fingerprint density at radius 2 is 1.90 bits per heavy atom. The van der Waals surface area contributed by atoms with Gasteiger partial charge in [0.2, 0.25) is 0 Å². The number of benzene rings is 1. The maximum absolute atomic E-state index is 12.7. The van der Waals surface area contributed by atoms with Gasteiger partial charge in [-0.15, -0.1) is 0 Å². The van der Waals surface area contributed by atoms with Gasteiger partial charge in [0.15, 0.2) is 0 Å². The summed E-state index contributed by atoms with van der Waals surface area (Å²) in [5.41, 5.74) is 9.17. The zero-order valence-electron chi connectivity index (χ0n) is 12.9. The van der Waals surface area contributed by atoms with E-state index in [0.717, 1.165) is 16.9 Å². The minimum Gasteiger partial charge on any atom is -0.384 e. The van der Waals surface area contributed by atoms with Crippen molar-refractivity contribution in [2.75, 3.05) is 17.7 Å². The van der Waals surface area contributed by atoms with Crippen molar-refractivity contribution < 1.29 is 4.79 Å². The third-order valence-corrected chi connectivity index (χ3v) is 3.48. The van der Waals surface area contributed by atoms with Gasteiger partial charge >= 0.3 is 0 Å². The molecule has 1 amide bonds. The summed E-state index contributed by atoms with van der Waals surface area (Å²) in [4.78, 5) is 18.6. The first-order valence-electron chi connectivity index (χ1n) is 7.01. The van der Waals surface area contributed by atoms with Gasteiger partial charge in [-0.2, -0.15) is 0 Å². The van der Waals surface area contributed by atoms with Crippen molar-refractivity contribution in [2.45, 2.75) is 26.7 Å². The minimum atomic E-state index is -0.0831. The number of aryl methyl sites for hydroxylation is 1. The van der Waals surface area contributed by atoms with Crippen LogP contribution in [-0.4, -0.2) is 17.9 Å². The Morgan fingerprint density at radius 3 is 2.52 bits per heavy atom. The van der Waals surface area contributed by atoms with E-state index in [9.17, 15) is 4.79 Å². The van der Waals surface area contributed by atoms with E-state index in [2.05, 4.69) is 4.98 Å². The van der Waals surface area contributed by atoms with Gasteiger partial charge in [0.05, 0.1) is 0 Å². The summed E-state index contributed by atoms with van der Waals surface area (Å²) in [6, 6.07) is 11.2. The third kappa shape index (κ3) is 3.21. The number of nitrogens with zero attached hydrogens (tertiary/aromatic N) is 2. The Morgan fingerprint density at radius 1 is 1.24 bits per heavy atom. The summed E-state index contributed by atoms with van der Waals surface area (Å²) in [5.74, 6) is 0.520. The topological polar surface area (TPSA) is 59.2 Å². The van der Waals surface area contributed by atoms with Crippen LogP contribution in [0, 0.1) is 6.92 Å². The average Bonchev–Trinajstić information content (AvgIpc) is 2.45. The molecule has 0 saturated carbocycles. The number of anilines is 2. The molecule has 0 aliphatic carbocycles. The van der Waals surface area contributed by atoms with E-state index in [1.807, 2.05) is 51.1 Å². The molecule has 110 valence electrons. The SMILES string of the molecule is Cc1ccccc1N(C)C(=O)c1cc(N)nc(C(C)C)c1. The fraction of sp³-hybridized carbons (Fsp3) is 0.294. The second kappa shape index (κ2) is 5.95. The van der Waals surface area contributed by atoms with E-state index in [4.69, 9.17) is 5.73 Å². The van der Waals surface area contributed by atoms with E-state index in [0.29, 0.717) is 11.4 Å². The van der Waals surface area contributed by atoms with Crippen LogP contribution in [0.1, 0.15) is 41.4 Å². The molecule has 4 heteroatoms. The quantitative estimate of drug-likeness (QED) is 0.939. The zero-order chi connectivity index (χ0) is 15.6. The molecule has 21 heavy (non-hydrogen) atoms. The van der Waals surface area contributed by atoms with Gasteiger partial charge in [-0.25, -0.2) is 4.98 Å². The van der Waals surface area contributed by atoms with E-state index in [1.54, 1.807) is 18.0 Å². The molecule has 2 aromatic rings. The molecule has 0 atom stereocenters. The Balaban J connectivity index is 2.38. The van der Waals surface area contributed by atoms with Gasteiger partial charge in [0.1, 0.15) is 5.82 Å². The Labute approximate surface area is 125 Å². The molecule has 2 N–H and O–H groups in total. The first kappa shape index (κ1) is 15.0. The van der Waals surface area contributed by atoms with E-state index < -0.39 is 0 Å². The summed E-state index contributed by atoms with van der Waals surface area (Å²) in [7, 11) is 1.77. The lowest BCUT2D eigenvalue weighted by molar-refractivity contribution is 0.0992. The number of amides is 1. The molecule has 0 fully saturated rings. The third-order valence-electron chi connectivity index (χ3n) is 3.48. The molecule has 1 aromatic carbocycles. The van der Waals surface area contributed by atoms with Crippen LogP contribution in [-0.2, 0) is 0 Å². The standard InChI is InChI=1S/C17H21N3O/c1-11(2)14-9-13(10-16(18)19-14)17(21)20(4)15-8-6-5-7-12(15)3/h5-11H,1-4H3,(H2,18,19). The number of hydrogen-bond acceptors (Lipinski definition) is 3. The normalized spacial score (nSPS) is 10.7. The summed E-state index contributed by atoms with van der Waals surface area (Å²) in [5, 5.41) is 0. The largest absolute Gasteiger partial charge is 0.384 e. The fourth-order valence-corrected chi connectivity index (χ4v) is 2.24. The predicted octanol–water partition coefficient (Wildman–Crippen LogP) is 3.37. The number of para-hydroxylation sites is 1. The van der Waals surface area contributed by atoms with Crippen LogP contribution in [0.4, 0.5) is 11.5 Å². The number of carbonyl (C=O) groups is 1. The predicted molar refractivity (Wildman–Crippen MR) is 86.7 cm³/mol. The number of rotatable bonds is 3. The van der Waals surface area contributed by atoms with Crippen LogP contribution in [0.2, 0.25) is 0 Å². The highest BCUT2D eigenvalue weighted by molar-refractivity contribution is 6.06. The molecule has 0 radical (unpaired) electrons. The molecular weight excluding hydrogens is 262 g/mol. The first-order chi connectivity index (χ1) is 9.90. The maximum atomic E-state index is 12.7. The lowest BCUT2D eigenvalue weighted by Crippen LogP contribution is -2.27. The van der Waals surface area contributed by atoms with Crippen molar-refractivity contribution in [1.82, 2.24) is 4.98 Å². The van der Waals surface area contributed by atoms with Crippen molar-refractivity contribution >= 4 is 17.4 Å². The highest BCUT2D eigenvalue weighted by Crippen LogP contribution is 2.22. The van der Waals surface area contributed by atoms with Crippen LogP contribution in [0.25, 0.3) is 0 Å². The monoisotopic (exact) mass is 283 g/mol. The van der Waals surface area contributed by atoms with Crippen molar-refractivity contribution in [3.8, 4) is 0 Å². The Hall–Kier alpha value is -2.36. The van der Waals surface area contributed by atoms with Crippen molar-refractivity contribution in [3.63, 3.8) is 0 Å². The van der Waals surface area contributed by atoms with Gasteiger partial charge in [-0.1, -0.05) is 32.0 Å². The number of nitrogen functional groups attached to an aromatic ring is 1. The molecule has 4 nitrogen and oxygen atoms in total. The molecular formula is C17H21N3O. The summed E-state index contributed by atoms with van der Waals surface area (Å²) < 4.78 is 0. The van der Waals surface area contributed by atoms with E-state index in [1.165, 1.54) is 0 Å². The molecule has 1 heterocycles. The number of hydrogen-bond donors (Lipinski definition) is 1.